The summed E-state index contributed by atoms with van der Waals surface area (Å²) in [5.41, 5.74) is 10.5. The second-order valence-corrected chi connectivity index (χ2v) is 8.01. The van der Waals surface area contributed by atoms with Crippen LogP contribution in [0.15, 0.2) is 12.5 Å². The number of anilines is 1. The molecule has 0 unspecified atom stereocenters. The number of nitrogens with one attached hydrogen (secondary N) is 1. The molecule has 9 nitrogen and oxygen atoms in total. The summed E-state index contributed by atoms with van der Waals surface area (Å²) in [6, 6.07) is 0. The third-order valence-electron chi connectivity index (χ3n) is 5.63. The average Bonchev–Trinajstić information content (AvgIpc) is 3.25. The number of ether oxygens (including phenoxy) is 1. The van der Waals surface area contributed by atoms with Gasteiger partial charge in [-0.15, -0.1) is 0 Å². The van der Waals surface area contributed by atoms with Crippen LogP contribution >= 0.6 is 0 Å². The highest BCUT2D eigenvalue weighted by Gasteiger charge is 2.36. The number of rotatable bonds is 2. The van der Waals surface area contributed by atoms with Crippen molar-refractivity contribution >= 4 is 28.0 Å². The van der Waals surface area contributed by atoms with Gasteiger partial charge in [0.1, 0.15) is 33.8 Å². The van der Waals surface area contributed by atoms with Crippen molar-refractivity contribution in [1.29, 1.82) is 0 Å². The Morgan fingerprint density at radius 3 is 2.86 bits per heavy atom. The van der Waals surface area contributed by atoms with Crippen molar-refractivity contribution in [3.05, 3.63) is 24.0 Å². The van der Waals surface area contributed by atoms with Crippen molar-refractivity contribution in [2.75, 3.05) is 12.3 Å². The van der Waals surface area contributed by atoms with Crippen LogP contribution < -0.4 is 5.73 Å². The van der Waals surface area contributed by atoms with Crippen LogP contribution in [0.5, 0.6) is 0 Å². The van der Waals surface area contributed by atoms with Crippen molar-refractivity contribution in [1.82, 2.24) is 34.5 Å². The number of nitrogen functional groups attached to an aromatic ring is 1. The van der Waals surface area contributed by atoms with Crippen molar-refractivity contribution in [2.45, 2.75) is 44.8 Å². The van der Waals surface area contributed by atoms with Crippen LogP contribution in [0.3, 0.4) is 0 Å². The fourth-order valence-corrected chi connectivity index (χ4v) is 4.03. The number of pyridine rings is 1. The molecule has 5 heterocycles. The van der Waals surface area contributed by atoms with Crippen LogP contribution in [0.25, 0.3) is 33.6 Å². The Kier molecular flexibility index (Phi) is 2.99. The van der Waals surface area contributed by atoms with Crippen LogP contribution in [0.1, 0.15) is 44.1 Å². The van der Waals surface area contributed by atoms with E-state index < -0.39 is 5.60 Å². The molecule has 1 saturated carbocycles. The molecule has 0 radical (unpaired) electrons. The van der Waals surface area contributed by atoms with Crippen molar-refractivity contribution < 1.29 is 4.74 Å². The van der Waals surface area contributed by atoms with Gasteiger partial charge in [-0.05, 0) is 26.7 Å². The molecule has 0 saturated heterocycles. The first-order valence-electron chi connectivity index (χ1n) is 9.53. The second-order valence-electron chi connectivity index (χ2n) is 8.01. The Balaban J connectivity index is 1.66. The first-order chi connectivity index (χ1) is 13.5. The molecule has 4 aromatic heterocycles. The topological polar surface area (TPSA) is 120 Å². The van der Waals surface area contributed by atoms with Gasteiger partial charge in [-0.3, -0.25) is 0 Å². The highest BCUT2D eigenvalue weighted by molar-refractivity contribution is 5.95. The molecular formula is C19H20N8O. The molecule has 3 N–H and O–H groups in total. The summed E-state index contributed by atoms with van der Waals surface area (Å²) in [5, 5.41) is 0. The molecule has 1 aliphatic carbocycles. The molecule has 1 aliphatic heterocycles. The highest BCUT2D eigenvalue weighted by atomic mass is 16.5. The van der Waals surface area contributed by atoms with Gasteiger partial charge in [0.15, 0.2) is 11.5 Å². The lowest BCUT2D eigenvalue weighted by atomic mass is 10.1. The van der Waals surface area contributed by atoms with E-state index in [0.717, 1.165) is 53.1 Å². The van der Waals surface area contributed by atoms with Crippen molar-refractivity contribution in [3.63, 3.8) is 0 Å². The maximum atomic E-state index is 5.98. The maximum Gasteiger partial charge on any atom is 0.165 e. The SMILES string of the molecule is CC1(C)OCCn2c1nc1c(C3CC3)nc(-c3cnc(N)c4[nH]cnc34)nc12. The number of nitrogens with two attached hydrogens (primary N) is 1. The number of hydrogen-bond acceptors (Lipinski definition) is 7. The Hall–Kier alpha value is -3.07. The molecule has 2 aliphatic rings. The van der Waals surface area contributed by atoms with Crippen LogP contribution in [0.4, 0.5) is 5.82 Å². The zero-order valence-electron chi connectivity index (χ0n) is 15.7. The Morgan fingerprint density at radius 1 is 1.18 bits per heavy atom. The zero-order valence-corrected chi connectivity index (χ0v) is 15.7. The largest absolute Gasteiger partial charge is 0.382 e. The average molecular weight is 376 g/mol. The van der Waals surface area contributed by atoms with E-state index in [0.29, 0.717) is 29.7 Å². The molecule has 4 aromatic rings. The fourth-order valence-electron chi connectivity index (χ4n) is 4.03. The number of hydrogen-bond donors (Lipinski definition) is 2. The van der Waals surface area contributed by atoms with Gasteiger partial charge in [0, 0.05) is 18.7 Å². The zero-order chi connectivity index (χ0) is 19.0. The van der Waals surface area contributed by atoms with Gasteiger partial charge in [-0.25, -0.2) is 24.9 Å². The van der Waals surface area contributed by atoms with E-state index in [-0.39, 0.29) is 0 Å². The summed E-state index contributed by atoms with van der Waals surface area (Å²) >= 11 is 0. The molecule has 0 amide bonds. The van der Waals surface area contributed by atoms with Gasteiger partial charge >= 0.3 is 0 Å². The van der Waals surface area contributed by atoms with E-state index >= 15 is 0 Å². The predicted octanol–water partition coefficient (Wildman–Crippen LogP) is 2.49. The van der Waals surface area contributed by atoms with Gasteiger partial charge in [0.05, 0.1) is 24.2 Å². The normalized spacial score (nSPS) is 18.6. The van der Waals surface area contributed by atoms with Crippen LogP contribution in [-0.2, 0) is 16.9 Å². The molecule has 6 rings (SSSR count). The minimum atomic E-state index is -0.446. The summed E-state index contributed by atoms with van der Waals surface area (Å²) in [4.78, 5) is 26.5. The van der Waals surface area contributed by atoms with Crippen molar-refractivity contribution in [2.24, 2.45) is 0 Å². The molecule has 1 fully saturated rings. The Morgan fingerprint density at radius 2 is 2.04 bits per heavy atom. The number of H-pyrrole nitrogens is 1. The van der Waals surface area contributed by atoms with Crippen LogP contribution in [0, 0.1) is 0 Å². The predicted molar refractivity (Wildman–Crippen MR) is 104 cm³/mol. The summed E-state index contributed by atoms with van der Waals surface area (Å²) in [5.74, 6) is 2.37. The molecule has 0 aromatic carbocycles. The van der Waals surface area contributed by atoms with Gasteiger partial charge in [-0.1, -0.05) is 0 Å². The third-order valence-corrected chi connectivity index (χ3v) is 5.63. The lowest BCUT2D eigenvalue weighted by Crippen LogP contribution is -2.33. The van der Waals surface area contributed by atoms with Gasteiger partial charge < -0.3 is 20.0 Å². The Labute approximate surface area is 160 Å². The molecule has 0 spiro atoms. The fraction of sp³-hybridized carbons (Fsp3) is 0.421. The number of aromatic amines is 1. The van der Waals surface area contributed by atoms with Crippen LogP contribution in [-0.4, -0.2) is 41.1 Å². The van der Waals surface area contributed by atoms with E-state index in [1.807, 2.05) is 13.8 Å². The first-order valence-corrected chi connectivity index (χ1v) is 9.53. The minimum absolute atomic E-state index is 0.417. The second kappa shape index (κ2) is 5.26. The minimum Gasteiger partial charge on any atom is -0.382 e. The lowest BCUT2D eigenvalue weighted by Gasteiger charge is -2.30. The quantitative estimate of drug-likeness (QED) is 0.551. The van der Waals surface area contributed by atoms with E-state index in [1.165, 1.54) is 0 Å². The molecule has 28 heavy (non-hydrogen) atoms. The molecule has 9 heteroatoms. The number of imidazole rings is 2. The summed E-state index contributed by atoms with van der Waals surface area (Å²) in [7, 11) is 0. The molecule has 0 atom stereocenters. The number of nitrogens with zero attached hydrogens (tertiary/aromatic N) is 6. The monoisotopic (exact) mass is 376 g/mol. The van der Waals surface area contributed by atoms with Gasteiger partial charge in [0.25, 0.3) is 0 Å². The van der Waals surface area contributed by atoms with Crippen LogP contribution in [0.2, 0.25) is 0 Å². The van der Waals surface area contributed by atoms with E-state index in [4.69, 9.17) is 25.4 Å². The van der Waals surface area contributed by atoms with E-state index in [9.17, 15) is 0 Å². The summed E-state index contributed by atoms with van der Waals surface area (Å²) in [6.45, 7) is 5.46. The van der Waals surface area contributed by atoms with Crippen molar-refractivity contribution in [3.8, 4) is 11.4 Å². The maximum absolute atomic E-state index is 5.98. The number of fused-ring (bicyclic) bond motifs is 4. The third kappa shape index (κ3) is 2.13. The molecule has 0 bridgehead atoms. The first kappa shape index (κ1) is 15.9. The van der Waals surface area contributed by atoms with Gasteiger partial charge in [0.2, 0.25) is 0 Å². The summed E-state index contributed by atoms with van der Waals surface area (Å²) < 4.78 is 8.11. The summed E-state index contributed by atoms with van der Waals surface area (Å²) in [6.07, 6.45) is 5.58. The lowest BCUT2D eigenvalue weighted by molar-refractivity contribution is -0.0530. The molecule has 142 valence electrons. The number of aromatic nitrogens is 7. The smallest absolute Gasteiger partial charge is 0.165 e. The standard InChI is InChI=1S/C19H20N8O/c1-19(2)18-25-14-11(9-3-4-9)24-16(26-17(14)27(18)5-6-28-19)10-7-21-15(20)13-12(10)22-8-23-13/h7-9H,3-6H2,1-2H3,(H2,20,21)(H,22,23). The van der Waals surface area contributed by atoms with Gasteiger partial charge in [-0.2, -0.15) is 0 Å². The highest BCUT2D eigenvalue weighted by Crippen LogP contribution is 2.43. The van der Waals surface area contributed by atoms with E-state index in [2.05, 4.69) is 19.5 Å². The van der Waals surface area contributed by atoms with E-state index in [1.54, 1.807) is 12.5 Å². The molecular weight excluding hydrogens is 356 g/mol. The Bertz CT molecular complexity index is 1250.